The quantitative estimate of drug-likeness (QED) is 0.878. The fraction of sp³-hybridized carbons (Fsp3) is 0.667. The number of hydrogen-bond acceptors (Lipinski definition) is 5. The summed E-state index contributed by atoms with van der Waals surface area (Å²) in [5, 5.41) is 16.8. The van der Waals surface area contributed by atoms with Gasteiger partial charge in [0.15, 0.2) is 0 Å². The average molecular weight is 369 g/mol. The predicted octanol–water partition coefficient (Wildman–Crippen LogP) is 3.21. The molecule has 2 aromatic heterocycles. The van der Waals surface area contributed by atoms with Crippen molar-refractivity contribution in [3.8, 4) is 11.3 Å². The molecule has 2 aromatic rings. The molecule has 1 N–H and O–H groups in total. The van der Waals surface area contributed by atoms with Gasteiger partial charge in [-0.25, -0.2) is 0 Å². The van der Waals surface area contributed by atoms with E-state index in [1.54, 1.807) is 0 Å². The number of rotatable bonds is 5. The maximum atomic E-state index is 4.40. The first-order valence-electron chi connectivity index (χ1n) is 10.1. The normalized spacial score (nSPS) is 26.1. The van der Waals surface area contributed by atoms with Crippen molar-refractivity contribution in [3.05, 3.63) is 24.0 Å². The minimum atomic E-state index is 0.383. The molecule has 27 heavy (non-hydrogen) atoms. The third-order valence-corrected chi connectivity index (χ3v) is 6.55. The highest BCUT2D eigenvalue weighted by Crippen LogP contribution is 2.47. The Balaban J connectivity index is 1.31. The Hall–Kier alpha value is -1.95. The zero-order valence-electron chi connectivity index (χ0n) is 17.4. The van der Waals surface area contributed by atoms with E-state index in [-0.39, 0.29) is 0 Å². The van der Waals surface area contributed by atoms with Crippen molar-refractivity contribution in [2.24, 2.45) is 30.2 Å². The molecule has 0 bridgehead atoms. The van der Waals surface area contributed by atoms with Crippen LogP contribution in [0.3, 0.4) is 0 Å². The SMILES string of the molecule is Cc1nn(C)cc1-c1ccc(NC2C3CN(CC(C)C(C)(C)C)C[C@H]32)nn1. The third kappa shape index (κ3) is 3.72. The van der Waals surface area contributed by atoms with Gasteiger partial charge in [-0.3, -0.25) is 4.68 Å². The Morgan fingerprint density at radius 2 is 1.89 bits per heavy atom. The number of aryl methyl sites for hydroxylation is 2. The molecule has 1 aliphatic heterocycles. The van der Waals surface area contributed by atoms with Crippen molar-refractivity contribution in [2.45, 2.75) is 40.7 Å². The van der Waals surface area contributed by atoms with E-state index < -0.39 is 0 Å². The van der Waals surface area contributed by atoms with Crippen molar-refractivity contribution < 1.29 is 0 Å². The largest absolute Gasteiger partial charge is 0.365 e. The Bertz CT molecular complexity index is 791. The summed E-state index contributed by atoms with van der Waals surface area (Å²) in [6, 6.07) is 4.64. The second-order valence-corrected chi connectivity index (χ2v) is 9.59. The van der Waals surface area contributed by atoms with Crippen LogP contribution in [0, 0.1) is 30.1 Å². The molecule has 1 saturated heterocycles. The molecule has 2 aliphatic rings. The summed E-state index contributed by atoms with van der Waals surface area (Å²) in [6.45, 7) is 15.0. The van der Waals surface area contributed by atoms with Crippen LogP contribution in [0.4, 0.5) is 5.82 Å². The average Bonchev–Trinajstić information content (AvgIpc) is 2.93. The molecule has 146 valence electrons. The molecule has 3 heterocycles. The molecule has 2 fully saturated rings. The zero-order chi connectivity index (χ0) is 19.3. The van der Waals surface area contributed by atoms with E-state index in [9.17, 15) is 0 Å². The molecule has 6 nitrogen and oxygen atoms in total. The molecule has 0 amide bonds. The number of nitrogens with one attached hydrogen (secondary N) is 1. The molecule has 1 saturated carbocycles. The summed E-state index contributed by atoms with van der Waals surface area (Å²) in [7, 11) is 1.93. The summed E-state index contributed by atoms with van der Waals surface area (Å²) in [6.07, 6.45) is 1.99. The van der Waals surface area contributed by atoms with Gasteiger partial charge in [-0.2, -0.15) is 5.10 Å². The molecule has 0 aromatic carbocycles. The van der Waals surface area contributed by atoms with Gasteiger partial charge in [0.2, 0.25) is 0 Å². The van der Waals surface area contributed by atoms with Crippen LogP contribution in [-0.4, -0.2) is 50.6 Å². The van der Waals surface area contributed by atoms with E-state index in [4.69, 9.17) is 0 Å². The second kappa shape index (κ2) is 6.59. The van der Waals surface area contributed by atoms with Crippen molar-refractivity contribution in [1.29, 1.82) is 0 Å². The highest BCUT2D eigenvalue weighted by Gasteiger charge is 2.56. The Morgan fingerprint density at radius 1 is 1.19 bits per heavy atom. The summed E-state index contributed by atoms with van der Waals surface area (Å²) in [4.78, 5) is 2.64. The van der Waals surface area contributed by atoms with Crippen molar-refractivity contribution >= 4 is 5.82 Å². The fourth-order valence-electron chi connectivity index (χ4n) is 4.21. The number of nitrogens with zero attached hydrogens (tertiary/aromatic N) is 5. The van der Waals surface area contributed by atoms with Gasteiger partial charge in [-0.05, 0) is 42.2 Å². The minimum absolute atomic E-state index is 0.383. The molecule has 0 spiro atoms. The lowest BCUT2D eigenvalue weighted by atomic mass is 9.82. The highest BCUT2D eigenvalue weighted by molar-refractivity contribution is 5.61. The maximum absolute atomic E-state index is 4.40. The van der Waals surface area contributed by atoms with Crippen LogP contribution in [0.15, 0.2) is 18.3 Å². The highest BCUT2D eigenvalue weighted by atomic mass is 15.3. The summed E-state index contributed by atoms with van der Waals surface area (Å²) >= 11 is 0. The van der Waals surface area contributed by atoms with Gasteiger partial charge < -0.3 is 10.2 Å². The van der Waals surface area contributed by atoms with Gasteiger partial charge in [0.05, 0.1) is 11.4 Å². The van der Waals surface area contributed by atoms with E-state index in [0.717, 1.165) is 40.5 Å². The van der Waals surface area contributed by atoms with Gasteiger partial charge in [0.25, 0.3) is 0 Å². The van der Waals surface area contributed by atoms with E-state index >= 15 is 0 Å². The monoisotopic (exact) mass is 368 g/mol. The van der Waals surface area contributed by atoms with Gasteiger partial charge in [-0.1, -0.05) is 27.7 Å². The van der Waals surface area contributed by atoms with Gasteiger partial charge >= 0.3 is 0 Å². The van der Waals surface area contributed by atoms with E-state index in [1.165, 1.54) is 19.6 Å². The number of fused-ring (bicyclic) bond motifs is 1. The number of likely N-dealkylation sites (tertiary alicyclic amines) is 1. The van der Waals surface area contributed by atoms with Gasteiger partial charge in [0.1, 0.15) is 5.82 Å². The molecule has 4 rings (SSSR count). The number of anilines is 1. The van der Waals surface area contributed by atoms with Crippen LogP contribution >= 0.6 is 0 Å². The lowest BCUT2D eigenvalue weighted by molar-refractivity contribution is 0.171. The smallest absolute Gasteiger partial charge is 0.148 e. The minimum Gasteiger partial charge on any atom is -0.365 e. The molecule has 6 heteroatoms. The van der Waals surface area contributed by atoms with Crippen LogP contribution in [0.2, 0.25) is 0 Å². The van der Waals surface area contributed by atoms with Crippen molar-refractivity contribution in [2.75, 3.05) is 25.0 Å². The van der Waals surface area contributed by atoms with Crippen LogP contribution in [0.25, 0.3) is 11.3 Å². The molecular weight excluding hydrogens is 336 g/mol. The fourth-order valence-corrected chi connectivity index (χ4v) is 4.21. The maximum Gasteiger partial charge on any atom is 0.148 e. The van der Waals surface area contributed by atoms with Crippen LogP contribution in [0.1, 0.15) is 33.4 Å². The summed E-state index contributed by atoms with van der Waals surface area (Å²) in [5.41, 5.74) is 3.29. The molecule has 1 aliphatic carbocycles. The van der Waals surface area contributed by atoms with Crippen LogP contribution < -0.4 is 5.32 Å². The van der Waals surface area contributed by atoms with Crippen LogP contribution in [-0.2, 0) is 7.05 Å². The van der Waals surface area contributed by atoms with E-state index in [1.807, 2.05) is 37.0 Å². The summed E-state index contributed by atoms with van der Waals surface area (Å²) < 4.78 is 1.82. The Morgan fingerprint density at radius 3 is 2.41 bits per heavy atom. The molecular formula is C21H32N6. The first-order chi connectivity index (χ1) is 12.7. The first-order valence-corrected chi connectivity index (χ1v) is 10.1. The van der Waals surface area contributed by atoms with Crippen molar-refractivity contribution in [3.63, 3.8) is 0 Å². The second-order valence-electron chi connectivity index (χ2n) is 9.59. The van der Waals surface area contributed by atoms with Crippen molar-refractivity contribution in [1.82, 2.24) is 24.9 Å². The topological polar surface area (TPSA) is 58.9 Å². The molecule has 4 atom stereocenters. The molecule has 3 unspecified atom stereocenters. The Kier molecular flexibility index (Phi) is 4.49. The lowest BCUT2D eigenvalue weighted by Crippen LogP contribution is -2.35. The first kappa shape index (κ1) is 18.4. The number of hydrogen-bond donors (Lipinski definition) is 1. The lowest BCUT2D eigenvalue weighted by Gasteiger charge is -2.32. The number of aromatic nitrogens is 4. The third-order valence-electron chi connectivity index (χ3n) is 6.55. The number of piperidine rings is 1. The zero-order valence-corrected chi connectivity index (χ0v) is 17.4. The van der Waals surface area contributed by atoms with Crippen LogP contribution in [0.5, 0.6) is 0 Å². The van der Waals surface area contributed by atoms with E-state index in [0.29, 0.717) is 11.5 Å². The Labute approximate surface area is 162 Å². The predicted molar refractivity (Wildman–Crippen MR) is 108 cm³/mol. The van der Waals surface area contributed by atoms with Gasteiger partial charge in [-0.15, -0.1) is 10.2 Å². The molecule has 0 radical (unpaired) electrons. The summed E-state index contributed by atoms with van der Waals surface area (Å²) in [5.74, 6) is 3.13. The van der Waals surface area contributed by atoms with E-state index in [2.05, 4.69) is 53.2 Å². The van der Waals surface area contributed by atoms with Gasteiger partial charge in [0, 0.05) is 44.5 Å². The standard InChI is InChI=1S/C21H32N6/c1-13(21(3,4)5)9-27-11-16-17(12-27)20(16)22-19-8-7-18(23-24-19)15-10-26(6)25-14(15)2/h7-8,10,13,16-17,20H,9,11-12H2,1-6H3,(H,22,24)/t13?,16-,17?,20?/m1/s1.